The highest BCUT2D eigenvalue weighted by atomic mass is 79.9. The van der Waals surface area contributed by atoms with Crippen molar-refractivity contribution in [2.45, 2.75) is 73.6 Å². The topological polar surface area (TPSA) is 176 Å². The highest BCUT2D eigenvalue weighted by Crippen LogP contribution is 2.39. The van der Waals surface area contributed by atoms with Crippen molar-refractivity contribution in [1.29, 1.82) is 0 Å². The number of aliphatic carboxylic acids is 1. The molecule has 12 nitrogen and oxygen atoms in total. The van der Waals surface area contributed by atoms with Crippen molar-refractivity contribution in [3.63, 3.8) is 0 Å². The molecule has 0 aliphatic heterocycles. The zero-order valence-corrected chi connectivity index (χ0v) is 30.5. The number of carbonyl (C=O) groups excluding carboxylic acids is 2. The van der Waals surface area contributed by atoms with Crippen molar-refractivity contribution in [1.82, 2.24) is 0 Å². The predicted octanol–water partition coefficient (Wildman–Crippen LogP) is 8.73. The summed E-state index contributed by atoms with van der Waals surface area (Å²) in [6.45, 7) is 10.6. The molecule has 0 saturated carbocycles. The van der Waals surface area contributed by atoms with E-state index < -0.39 is 32.6 Å². The number of ether oxygens (including phenoxy) is 2. The molecule has 2 aromatic carbocycles. The Labute approximate surface area is 291 Å². The van der Waals surface area contributed by atoms with Gasteiger partial charge >= 0.3 is 17.9 Å². The van der Waals surface area contributed by atoms with E-state index in [0.29, 0.717) is 63.7 Å². The Kier molecular flexibility index (Phi) is 14.4. The lowest BCUT2D eigenvalue weighted by Crippen LogP contribution is -2.23. The Morgan fingerprint density at radius 2 is 1.48 bits per heavy atom. The monoisotopic (exact) mass is 748 g/mol. The van der Waals surface area contributed by atoms with Crippen molar-refractivity contribution in [3.8, 4) is 10.4 Å². The number of hydrogen-bond acceptors (Lipinski definition) is 10. The molecule has 0 amide bonds. The molecular formula is C34H41BrN2O10S. The Hall–Kier alpha value is -4.17. The standard InChI is InChI=1S/C21H25NO6S.C13H16BrNO4/c1-13-16(19(23)27-5)12-17(29-13)15-10-6-8-14(18(15)22(25)26)9-7-11-28-20(24)21(2,3)4;1-13(2,12(16)17)8-4-6-9-5-3-7-10(14)11(9)15(18)19/h6,8,10,12H,7,9,11H2,1-5H3;3,5,7H,4,6,8H2,1-2H3,(H,16,17). The van der Waals surface area contributed by atoms with E-state index in [1.165, 1.54) is 18.4 Å². The normalized spacial score (nSPS) is 11.2. The number of nitro benzene ring substituents is 2. The quantitative estimate of drug-likeness (QED) is 0.0769. The number of thiophene rings is 1. The average molecular weight is 750 g/mol. The number of nitrogens with zero attached hydrogens (tertiary/aromatic N) is 2. The molecule has 1 heterocycles. The molecule has 3 rings (SSSR count). The molecule has 0 unspecified atom stereocenters. The summed E-state index contributed by atoms with van der Waals surface area (Å²) in [5, 5.41) is 31.8. The van der Waals surface area contributed by atoms with Crippen LogP contribution in [0.15, 0.2) is 46.9 Å². The number of methoxy groups -OCH3 is 1. The zero-order valence-electron chi connectivity index (χ0n) is 28.1. The molecule has 48 heavy (non-hydrogen) atoms. The van der Waals surface area contributed by atoms with Gasteiger partial charge in [-0.2, -0.15) is 0 Å². The van der Waals surface area contributed by atoms with Crippen molar-refractivity contribution < 1.29 is 38.8 Å². The molecule has 0 fully saturated rings. The minimum Gasteiger partial charge on any atom is -0.481 e. The largest absolute Gasteiger partial charge is 0.481 e. The summed E-state index contributed by atoms with van der Waals surface area (Å²) >= 11 is 4.48. The fourth-order valence-electron chi connectivity index (χ4n) is 4.57. The number of esters is 2. The van der Waals surface area contributed by atoms with Gasteiger partial charge in [0.2, 0.25) is 0 Å². The van der Waals surface area contributed by atoms with E-state index in [2.05, 4.69) is 15.9 Å². The van der Waals surface area contributed by atoms with Crippen LogP contribution in [0.1, 0.15) is 80.2 Å². The SMILES string of the molecule is CC(C)(CCCc1cccc(Br)c1[N+](=O)[O-])C(=O)O.COC(=O)c1cc(-c2cccc(CCCOC(=O)C(C)(C)C)c2[N+](=O)[O-])sc1C. The summed E-state index contributed by atoms with van der Waals surface area (Å²) in [7, 11) is 1.30. The summed E-state index contributed by atoms with van der Waals surface area (Å²) in [5.41, 5.74) is 0.735. The summed E-state index contributed by atoms with van der Waals surface area (Å²) < 4.78 is 10.5. The van der Waals surface area contributed by atoms with E-state index in [-0.39, 0.29) is 24.0 Å². The van der Waals surface area contributed by atoms with E-state index in [9.17, 15) is 34.6 Å². The number of halogens is 1. The molecule has 0 radical (unpaired) electrons. The number of rotatable bonds is 13. The number of para-hydroxylation sites is 2. The number of carbonyl (C=O) groups is 3. The number of benzene rings is 2. The lowest BCUT2D eigenvalue weighted by atomic mass is 9.86. The van der Waals surface area contributed by atoms with Crippen molar-refractivity contribution >= 4 is 56.5 Å². The molecule has 1 N–H and O–H groups in total. The number of aryl methyl sites for hydroxylation is 3. The van der Waals surface area contributed by atoms with E-state index in [1.54, 1.807) is 84.0 Å². The van der Waals surface area contributed by atoms with Crippen LogP contribution < -0.4 is 0 Å². The molecule has 0 spiro atoms. The van der Waals surface area contributed by atoms with Gasteiger partial charge in [-0.15, -0.1) is 11.3 Å². The van der Waals surface area contributed by atoms with Crippen LogP contribution in [0, 0.1) is 38.0 Å². The van der Waals surface area contributed by atoms with Crippen molar-refractivity contribution in [2.75, 3.05) is 13.7 Å². The van der Waals surface area contributed by atoms with Crippen molar-refractivity contribution in [2.24, 2.45) is 10.8 Å². The molecule has 0 aliphatic rings. The Morgan fingerprint density at radius 1 is 0.917 bits per heavy atom. The predicted molar refractivity (Wildman–Crippen MR) is 186 cm³/mol. The lowest BCUT2D eigenvalue weighted by molar-refractivity contribution is -0.386. The fourth-order valence-corrected chi connectivity index (χ4v) is 6.16. The van der Waals surface area contributed by atoms with Crippen LogP contribution in [0.3, 0.4) is 0 Å². The molecule has 3 aromatic rings. The molecule has 14 heteroatoms. The van der Waals surface area contributed by atoms with Crippen LogP contribution in [0.5, 0.6) is 0 Å². The van der Waals surface area contributed by atoms with Crippen LogP contribution in [-0.4, -0.2) is 46.6 Å². The van der Waals surface area contributed by atoms with Gasteiger partial charge < -0.3 is 14.6 Å². The molecule has 1 aromatic heterocycles. The molecule has 260 valence electrons. The highest BCUT2D eigenvalue weighted by molar-refractivity contribution is 9.10. The Morgan fingerprint density at radius 3 is 2.02 bits per heavy atom. The maximum Gasteiger partial charge on any atom is 0.338 e. The van der Waals surface area contributed by atoms with Gasteiger partial charge in [0.15, 0.2) is 0 Å². The van der Waals surface area contributed by atoms with Crippen LogP contribution in [0.4, 0.5) is 11.4 Å². The second-order valence-electron chi connectivity index (χ2n) is 12.7. The van der Waals surface area contributed by atoms with Crippen molar-refractivity contribution in [3.05, 3.63) is 88.7 Å². The van der Waals surface area contributed by atoms with Gasteiger partial charge in [0.05, 0.1) is 50.0 Å². The highest BCUT2D eigenvalue weighted by Gasteiger charge is 2.28. The molecular weight excluding hydrogens is 708 g/mol. The number of carboxylic acids is 1. The number of carboxylic acid groups (broad SMARTS) is 1. The minimum absolute atomic E-state index is 0.00677. The summed E-state index contributed by atoms with van der Waals surface area (Å²) in [6.07, 6.45) is 2.44. The first kappa shape index (κ1) is 40.0. The van der Waals surface area contributed by atoms with Gasteiger partial charge in [0, 0.05) is 20.9 Å². The first-order valence-corrected chi connectivity index (χ1v) is 16.7. The maximum atomic E-state index is 11.9. The molecule has 0 aliphatic carbocycles. The van der Waals surface area contributed by atoms with Crippen LogP contribution in [0.2, 0.25) is 0 Å². The second kappa shape index (κ2) is 17.3. The average Bonchev–Trinajstić information content (AvgIpc) is 3.39. The number of nitro groups is 2. The fraction of sp³-hybridized carbons (Fsp3) is 0.441. The van der Waals surface area contributed by atoms with Gasteiger partial charge in [0.25, 0.3) is 11.4 Å². The first-order chi connectivity index (χ1) is 22.3. The third-order valence-corrected chi connectivity index (χ3v) is 9.13. The Bertz CT molecular complexity index is 1660. The van der Waals surface area contributed by atoms with Crippen LogP contribution >= 0.6 is 27.3 Å². The molecule has 0 saturated heterocycles. The molecule has 0 atom stereocenters. The van der Waals surface area contributed by atoms with Gasteiger partial charge in [0.1, 0.15) is 0 Å². The Balaban J connectivity index is 0.000000365. The van der Waals surface area contributed by atoms with E-state index in [0.717, 1.165) is 4.88 Å². The van der Waals surface area contributed by atoms with Gasteiger partial charge in [-0.05, 0) is 108 Å². The lowest BCUT2D eigenvalue weighted by Gasteiger charge is -2.18. The maximum absolute atomic E-state index is 11.9. The number of hydrogen-bond donors (Lipinski definition) is 1. The summed E-state index contributed by atoms with van der Waals surface area (Å²) in [4.78, 5) is 58.0. The second-order valence-corrected chi connectivity index (χ2v) is 14.8. The first-order valence-electron chi connectivity index (χ1n) is 15.1. The van der Waals surface area contributed by atoms with Crippen LogP contribution in [-0.2, 0) is 31.9 Å². The molecule has 0 bridgehead atoms. The van der Waals surface area contributed by atoms with Gasteiger partial charge in [-0.3, -0.25) is 29.8 Å². The van der Waals surface area contributed by atoms with E-state index >= 15 is 0 Å². The summed E-state index contributed by atoms with van der Waals surface area (Å²) in [5.74, 6) is -1.62. The minimum atomic E-state index is -0.851. The van der Waals surface area contributed by atoms with E-state index in [4.69, 9.17) is 14.6 Å². The van der Waals surface area contributed by atoms with E-state index in [1.807, 2.05) is 0 Å². The van der Waals surface area contributed by atoms with Gasteiger partial charge in [-0.1, -0.05) is 24.3 Å². The smallest absolute Gasteiger partial charge is 0.338 e. The summed E-state index contributed by atoms with van der Waals surface area (Å²) in [6, 6.07) is 11.8. The third-order valence-electron chi connectivity index (χ3n) is 7.41. The van der Waals surface area contributed by atoms with Crippen LogP contribution in [0.25, 0.3) is 10.4 Å². The zero-order chi connectivity index (χ0) is 36.4. The van der Waals surface area contributed by atoms with Gasteiger partial charge in [-0.25, -0.2) is 4.79 Å². The third kappa shape index (κ3) is 10.9.